The fourth-order valence-electron chi connectivity index (χ4n) is 3.48. The molecule has 10 heteroatoms. The van der Waals surface area contributed by atoms with Gasteiger partial charge in [-0.05, 0) is 42.4 Å². The maximum Gasteiger partial charge on any atom is 0.445 e. The molecule has 0 aliphatic carbocycles. The molecule has 2 rings (SSSR count). The zero-order valence-corrected chi connectivity index (χ0v) is 20.8. The molecule has 0 spiro atoms. The summed E-state index contributed by atoms with van der Waals surface area (Å²) in [4.78, 5) is 14.2. The lowest BCUT2D eigenvalue weighted by molar-refractivity contribution is -0.143. The standard InChI is InChI=1S/C23H33F3N4O2S/c1-7-32-20(31)10-16(6)17-8-9-19(30(12-14(2)3)13-15(4)5)18(11-17)27-22-29-28-21(33-22)23(24,25)26/h8-9,11,14-16H,7,10,12-13H2,1-6H3,(H,27,29)/t16-/m1/s1. The van der Waals surface area contributed by atoms with E-state index in [1.54, 1.807) is 6.92 Å². The molecule has 1 aromatic carbocycles. The van der Waals surface area contributed by atoms with Gasteiger partial charge in [-0.3, -0.25) is 4.79 Å². The lowest BCUT2D eigenvalue weighted by Crippen LogP contribution is -2.31. The minimum Gasteiger partial charge on any atom is -0.466 e. The highest BCUT2D eigenvalue weighted by Crippen LogP contribution is 2.37. The van der Waals surface area contributed by atoms with Crippen LogP contribution in [-0.4, -0.2) is 35.9 Å². The maximum absolute atomic E-state index is 13.0. The second-order valence-electron chi connectivity index (χ2n) is 8.91. The van der Waals surface area contributed by atoms with Crippen molar-refractivity contribution in [2.75, 3.05) is 29.9 Å². The van der Waals surface area contributed by atoms with E-state index in [-0.39, 0.29) is 23.4 Å². The molecular formula is C23H33F3N4O2S. The predicted octanol–water partition coefficient (Wildman–Crippen LogP) is 6.48. The maximum atomic E-state index is 13.0. The molecule has 0 aliphatic rings. The molecule has 0 fully saturated rings. The molecule has 0 bridgehead atoms. The molecule has 33 heavy (non-hydrogen) atoms. The van der Waals surface area contributed by atoms with Gasteiger partial charge in [0.25, 0.3) is 0 Å². The van der Waals surface area contributed by atoms with Crippen LogP contribution in [0.5, 0.6) is 0 Å². The number of carbonyl (C=O) groups is 1. The summed E-state index contributed by atoms with van der Waals surface area (Å²) < 4.78 is 44.1. The molecule has 0 aliphatic heterocycles. The number of carbonyl (C=O) groups excluding carboxylic acids is 1. The van der Waals surface area contributed by atoms with Crippen LogP contribution >= 0.6 is 11.3 Å². The van der Waals surface area contributed by atoms with Crippen LogP contribution < -0.4 is 10.2 Å². The first-order chi connectivity index (χ1) is 15.4. The van der Waals surface area contributed by atoms with Crippen LogP contribution in [0.25, 0.3) is 0 Å². The Kier molecular flexibility index (Phi) is 9.51. The number of hydrogen-bond acceptors (Lipinski definition) is 7. The number of alkyl halides is 3. The minimum atomic E-state index is -4.54. The highest BCUT2D eigenvalue weighted by Gasteiger charge is 2.35. The van der Waals surface area contributed by atoms with E-state index in [9.17, 15) is 18.0 Å². The fraction of sp³-hybridized carbons (Fsp3) is 0.609. The minimum absolute atomic E-state index is 0.0628. The average Bonchev–Trinajstić information content (AvgIpc) is 3.16. The molecule has 0 saturated carbocycles. The van der Waals surface area contributed by atoms with E-state index in [0.29, 0.717) is 35.5 Å². The molecule has 1 N–H and O–H groups in total. The summed E-state index contributed by atoms with van der Waals surface area (Å²) in [6.07, 6.45) is -4.33. The molecule has 0 amide bonds. The van der Waals surface area contributed by atoms with Crippen molar-refractivity contribution < 1.29 is 22.7 Å². The first-order valence-electron chi connectivity index (χ1n) is 11.1. The number of ether oxygens (including phenoxy) is 1. The monoisotopic (exact) mass is 486 g/mol. The molecule has 0 saturated heterocycles. The number of esters is 1. The summed E-state index contributed by atoms with van der Waals surface area (Å²) in [5, 5.41) is 9.09. The van der Waals surface area contributed by atoms with Crippen molar-refractivity contribution in [2.24, 2.45) is 11.8 Å². The molecular weight excluding hydrogens is 453 g/mol. The van der Waals surface area contributed by atoms with Crippen LogP contribution in [0, 0.1) is 11.8 Å². The van der Waals surface area contributed by atoms with Gasteiger partial charge < -0.3 is 15.0 Å². The SMILES string of the molecule is CCOC(=O)C[C@@H](C)c1ccc(N(CC(C)C)CC(C)C)c(Nc2nnc(C(F)(F)F)s2)c1. The second-order valence-corrected chi connectivity index (χ2v) is 9.89. The molecule has 0 unspecified atom stereocenters. The Balaban J connectivity index is 2.44. The summed E-state index contributed by atoms with van der Waals surface area (Å²) in [7, 11) is 0. The Hall–Kier alpha value is -2.36. The molecule has 1 atom stereocenters. The molecule has 1 aromatic heterocycles. The van der Waals surface area contributed by atoms with Crippen LogP contribution in [0.4, 0.5) is 29.7 Å². The number of nitrogens with one attached hydrogen (secondary N) is 1. The van der Waals surface area contributed by atoms with E-state index in [0.717, 1.165) is 24.3 Å². The van der Waals surface area contributed by atoms with Crippen molar-refractivity contribution >= 4 is 33.8 Å². The summed E-state index contributed by atoms with van der Waals surface area (Å²) >= 11 is 0.463. The van der Waals surface area contributed by atoms with E-state index in [1.807, 2.05) is 25.1 Å². The van der Waals surface area contributed by atoms with Gasteiger partial charge >= 0.3 is 12.1 Å². The van der Waals surface area contributed by atoms with Crippen molar-refractivity contribution in [3.05, 3.63) is 28.8 Å². The number of nitrogens with zero attached hydrogens (tertiary/aromatic N) is 3. The number of rotatable bonds is 11. The highest BCUT2D eigenvalue weighted by molar-refractivity contribution is 7.15. The van der Waals surface area contributed by atoms with E-state index >= 15 is 0 Å². The van der Waals surface area contributed by atoms with Gasteiger partial charge in [0.2, 0.25) is 10.1 Å². The first kappa shape index (κ1) is 26.9. The fourth-order valence-corrected chi connectivity index (χ4v) is 4.10. The lowest BCUT2D eigenvalue weighted by Gasteiger charge is -2.31. The molecule has 0 radical (unpaired) electrons. The second kappa shape index (κ2) is 11.7. The van der Waals surface area contributed by atoms with Crippen LogP contribution in [-0.2, 0) is 15.7 Å². The van der Waals surface area contributed by atoms with Gasteiger partial charge in [0.1, 0.15) is 0 Å². The summed E-state index contributed by atoms with van der Waals surface area (Å²) in [6.45, 7) is 14.1. The van der Waals surface area contributed by atoms with E-state index in [4.69, 9.17) is 4.74 Å². The molecule has 1 heterocycles. The Morgan fingerprint density at radius 3 is 2.27 bits per heavy atom. The topological polar surface area (TPSA) is 67.3 Å². The van der Waals surface area contributed by atoms with Crippen molar-refractivity contribution in [2.45, 2.75) is 60.1 Å². The van der Waals surface area contributed by atoms with Gasteiger partial charge in [0, 0.05) is 13.1 Å². The quantitative estimate of drug-likeness (QED) is 0.367. The smallest absolute Gasteiger partial charge is 0.445 e. The van der Waals surface area contributed by atoms with E-state index < -0.39 is 11.2 Å². The first-order valence-corrected chi connectivity index (χ1v) is 11.9. The summed E-state index contributed by atoms with van der Waals surface area (Å²) in [5.41, 5.74) is 2.38. The highest BCUT2D eigenvalue weighted by atomic mass is 32.1. The third-order valence-corrected chi connectivity index (χ3v) is 5.67. The number of benzene rings is 1. The van der Waals surface area contributed by atoms with Gasteiger partial charge in [0.15, 0.2) is 0 Å². The Morgan fingerprint density at radius 2 is 1.76 bits per heavy atom. The van der Waals surface area contributed by atoms with Gasteiger partial charge in [-0.15, -0.1) is 10.2 Å². The third kappa shape index (κ3) is 8.17. The van der Waals surface area contributed by atoms with Crippen LogP contribution in [0.3, 0.4) is 0 Å². The predicted molar refractivity (Wildman–Crippen MR) is 126 cm³/mol. The Bertz CT molecular complexity index is 905. The molecule has 6 nitrogen and oxygen atoms in total. The van der Waals surface area contributed by atoms with Crippen molar-refractivity contribution in [3.63, 3.8) is 0 Å². The van der Waals surface area contributed by atoms with E-state index in [2.05, 4.69) is 48.1 Å². The zero-order chi connectivity index (χ0) is 24.8. The van der Waals surface area contributed by atoms with Gasteiger partial charge in [-0.25, -0.2) is 0 Å². The third-order valence-electron chi connectivity index (χ3n) is 4.79. The van der Waals surface area contributed by atoms with Gasteiger partial charge in [-0.2, -0.15) is 13.2 Å². The van der Waals surface area contributed by atoms with Gasteiger partial charge in [-0.1, -0.05) is 52.0 Å². The van der Waals surface area contributed by atoms with Crippen LogP contribution in [0.15, 0.2) is 18.2 Å². The lowest BCUT2D eigenvalue weighted by atomic mass is 9.96. The van der Waals surface area contributed by atoms with Crippen LogP contribution in [0.2, 0.25) is 0 Å². The van der Waals surface area contributed by atoms with Crippen LogP contribution in [0.1, 0.15) is 64.5 Å². The summed E-state index contributed by atoms with van der Waals surface area (Å²) in [5.74, 6) is 0.362. The van der Waals surface area contributed by atoms with Crippen molar-refractivity contribution in [3.8, 4) is 0 Å². The number of anilines is 3. The van der Waals surface area contributed by atoms with Crippen molar-refractivity contribution in [1.82, 2.24) is 10.2 Å². The number of halogens is 3. The largest absolute Gasteiger partial charge is 0.466 e. The Morgan fingerprint density at radius 1 is 1.12 bits per heavy atom. The number of hydrogen-bond donors (Lipinski definition) is 1. The number of aromatic nitrogens is 2. The Labute approximate surface area is 197 Å². The zero-order valence-electron chi connectivity index (χ0n) is 20.0. The molecule has 2 aromatic rings. The van der Waals surface area contributed by atoms with Crippen molar-refractivity contribution in [1.29, 1.82) is 0 Å². The summed E-state index contributed by atoms with van der Waals surface area (Å²) in [6, 6.07) is 5.79. The average molecular weight is 487 g/mol. The molecule has 184 valence electrons. The van der Waals surface area contributed by atoms with E-state index in [1.165, 1.54) is 0 Å². The van der Waals surface area contributed by atoms with Gasteiger partial charge in [0.05, 0.1) is 24.4 Å². The normalized spacial score (nSPS) is 12.8.